The maximum atomic E-state index is 11.1. The monoisotopic (exact) mass is 295 g/mol. The van der Waals surface area contributed by atoms with Crippen molar-refractivity contribution in [3.05, 3.63) is 28.3 Å². The molecule has 2 rings (SSSR count). The van der Waals surface area contributed by atoms with Crippen molar-refractivity contribution in [2.45, 2.75) is 19.4 Å². The fraction of sp³-hybridized carbons (Fsp3) is 0.571. The van der Waals surface area contributed by atoms with Crippen LogP contribution in [0.1, 0.15) is 13.3 Å². The predicted molar refractivity (Wildman–Crippen MR) is 80.9 cm³/mol. The Bertz CT molecular complexity index is 485. The van der Waals surface area contributed by atoms with Crippen LogP contribution in [0.3, 0.4) is 0 Å². The molecule has 0 saturated carbocycles. The molecule has 0 radical (unpaired) electrons. The third kappa shape index (κ3) is 3.83. The molecule has 1 aromatic carbocycles. The lowest BCUT2D eigenvalue weighted by molar-refractivity contribution is -0.384. The maximum absolute atomic E-state index is 11.1. The lowest BCUT2D eigenvalue weighted by Crippen LogP contribution is -2.36. The Kier molecular flexibility index (Phi) is 5.35. The third-order valence-corrected chi connectivity index (χ3v) is 3.63. The van der Waals surface area contributed by atoms with Gasteiger partial charge in [-0.25, -0.2) is 0 Å². The Morgan fingerprint density at radius 1 is 1.48 bits per heavy atom. The predicted octanol–water partition coefficient (Wildman–Crippen LogP) is 1.61. The summed E-state index contributed by atoms with van der Waals surface area (Å²) in [5.41, 5.74) is 1.41. The number of nitrogens with one attached hydrogen (secondary N) is 1. The molecule has 2 N–H and O–H groups in total. The minimum absolute atomic E-state index is 0.0268. The van der Waals surface area contributed by atoms with Gasteiger partial charge in [0, 0.05) is 30.9 Å². The van der Waals surface area contributed by atoms with E-state index in [1.807, 2.05) is 6.92 Å². The number of hydrogen-bond acceptors (Lipinski definition) is 6. The van der Waals surface area contributed by atoms with E-state index in [4.69, 9.17) is 4.74 Å². The maximum Gasteiger partial charge on any atom is 0.292 e. The van der Waals surface area contributed by atoms with Crippen LogP contribution in [-0.4, -0.2) is 49.0 Å². The van der Waals surface area contributed by atoms with Crippen molar-refractivity contribution in [1.29, 1.82) is 0 Å². The molecular weight excluding hydrogens is 274 g/mol. The average Bonchev–Trinajstić information content (AvgIpc) is 2.53. The van der Waals surface area contributed by atoms with Gasteiger partial charge in [-0.2, -0.15) is 0 Å². The number of aliphatic hydroxyl groups is 1. The molecule has 1 heterocycles. The SMILES string of the molecule is CCC(CO)Nc1cc(N2CCOCC2)ccc1[N+](=O)[O-]. The molecule has 0 aliphatic carbocycles. The van der Waals surface area contributed by atoms with Crippen LogP contribution in [0.4, 0.5) is 17.1 Å². The van der Waals surface area contributed by atoms with Crippen LogP contribution in [-0.2, 0) is 4.74 Å². The fourth-order valence-electron chi connectivity index (χ4n) is 2.31. The van der Waals surface area contributed by atoms with Crippen molar-refractivity contribution < 1.29 is 14.8 Å². The van der Waals surface area contributed by atoms with Crippen molar-refractivity contribution in [3.8, 4) is 0 Å². The minimum atomic E-state index is -0.407. The van der Waals surface area contributed by atoms with E-state index in [1.165, 1.54) is 6.07 Å². The van der Waals surface area contributed by atoms with Gasteiger partial charge < -0.3 is 20.1 Å². The Balaban J connectivity index is 2.26. The molecule has 7 heteroatoms. The molecule has 1 aromatic rings. The summed E-state index contributed by atoms with van der Waals surface area (Å²) in [6.07, 6.45) is 0.690. The molecule has 1 fully saturated rings. The van der Waals surface area contributed by atoms with Crippen LogP contribution in [0.2, 0.25) is 0 Å². The summed E-state index contributed by atoms with van der Waals surface area (Å²) in [6.45, 7) is 4.73. The Labute approximate surface area is 123 Å². The van der Waals surface area contributed by atoms with E-state index in [0.717, 1.165) is 18.8 Å². The van der Waals surface area contributed by atoms with Crippen LogP contribution < -0.4 is 10.2 Å². The van der Waals surface area contributed by atoms with Crippen LogP contribution in [0.5, 0.6) is 0 Å². The number of aliphatic hydroxyl groups excluding tert-OH is 1. The highest BCUT2D eigenvalue weighted by Crippen LogP contribution is 2.30. The van der Waals surface area contributed by atoms with Crippen molar-refractivity contribution in [3.63, 3.8) is 0 Å². The standard InChI is InChI=1S/C14H21N3O4/c1-2-11(10-18)15-13-9-12(3-4-14(13)17(19)20)16-5-7-21-8-6-16/h3-4,9,11,15,18H,2,5-8,10H2,1H3. The largest absolute Gasteiger partial charge is 0.394 e. The van der Waals surface area contributed by atoms with Gasteiger partial charge in [0.05, 0.1) is 24.7 Å². The molecule has 7 nitrogen and oxygen atoms in total. The van der Waals surface area contributed by atoms with E-state index < -0.39 is 4.92 Å². The summed E-state index contributed by atoms with van der Waals surface area (Å²) in [4.78, 5) is 12.9. The van der Waals surface area contributed by atoms with E-state index in [-0.39, 0.29) is 18.3 Å². The summed E-state index contributed by atoms with van der Waals surface area (Å²) in [5, 5.41) is 23.5. The number of nitro benzene ring substituents is 1. The topological polar surface area (TPSA) is 87.9 Å². The van der Waals surface area contributed by atoms with Gasteiger partial charge in [0.15, 0.2) is 0 Å². The molecule has 116 valence electrons. The Morgan fingerprint density at radius 3 is 2.76 bits per heavy atom. The van der Waals surface area contributed by atoms with Gasteiger partial charge in [-0.1, -0.05) is 6.92 Å². The molecule has 1 atom stereocenters. The van der Waals surface area contributed by atoms with Gasteiger partial charge in [-0.15, -0.1) is 0 Å². The molecule has 1 aliphatic heterocycles. The van der Waals surface area contributed by atoms with Gasteiger partial charge >= 0.3 is 0 Å². The van der Waals surface area contributed by atoms with Gasteiger partial charge in [-0.05, 0) is 18.6 Å². The molecule has 1 aliphatic rings. The van der Waals surface area contributed by atoms with Crippen LogP contribution >= 0.6 is 0 Å². The highest BCUT2D eigenvalue weighted by molar-refractivity contribution is 5.69. The molecule has 0 amide bonds. The van der Waals surface area contributed by atoms with Gasteiger partial charge in [0.25, 0.3) is 5.69 Å². The summed E-state index contributed by atoms with van der Waals surface area (Å²) in [6, 6.07) is 4.86. The number of ether oxygens (including phenoxy) is 1. The van der Waals surface area contributed by atoms with Crippen molar-refractivity contribution in [1.82, 2.24) is 0 Å². The van der Waals surface area contributed by atoms with Crippen molar-refractivity contribution in [2.24, 2.45) is 0 Å². The number of hydrogen-bond donors (Lipinski definition) is 2. The van der Waals surface area contributed by atoms with E-state index in [9.17, 15) is 15.2 Å². The van der Waals surface area contributed by atoms with Crippen LogP contribution in [0.25, 0.3) is 0 Å². The average molecular weight is 295 g/mol. The molecular formula is C14H21N3O4. The summed E-state index contributed by atoms with van der Waals surface area (Å²) in [5.74, 6) is 0. The highest BCUT2D eigenvalue weighted by Gasteiger charge is 2.19. The van der Waals surface area contributed by atoms with Gasteiger partial charge in [-0.3, -0.25) is 10.1 Å². The first-order chi connectivity index (χ1) is 10.2. The first-order valence-corrected chi connectivity index (χ1v) is 7.14. The number of nitro groups is 1. The summed E-state index contributed by atoms with van der Waals surface area (Å²) in [7, 11) is 0. The first-order valence-electron chi connectivity index (χ1n) is 7.14. The van der Waals surface area contributed by atoms with E-state index >= 15 is 0 Å². The lowest BCUT2D eigenvalue weighted by atomic mass is 10.1. The molecule has 21 heavy (non-hydrogen) atoms. The third-order valence-electron chi connectivity index (χ3n) is 3.63. The molecule has 1 unspecified atom stereocenters. The molecule has 0 bridgehead atoms. The van der Waals surface area contributed by atoms with E-state index in [2.05, 4.69) is 10.2 Å². The molecule has 0 spiro atoms. The van der Waals surface area contributed by atoms with Crippen molar-refractivity contribution in [2.75, 3.05) is 43.1 Å². The number of benzene rings is 1. The summed E-state index contributed by atoms with van der Waals surface area (Å²) >= 11 is 0. The quantitative estimate of drug-likeness (QED) is 0.612. The second-order valence-electron chi connectivity index (χ2n) is 4.99. The van der Waals surface area contributed by atoms with Crippen molar-refractivity contribution >= 4 is 17.1 Å². The minimum Gasteiger partial charge on any atom is -0.394 e. The number of anilines is 2. The Hall–Kier alpha value is -1.86. The molecule has 0 aromatic heterocycles. The number of morpholine rings is 1. The van der Waals surface area contributed by atoms with E-state index in [0.29, 0.717) is 25.3 Å². The second kappa shape index (κ2) is 7.24. The summed E-state index contributed by atoms with van der Waals surface area (Å²) < 4.78 is 5.31. The second-order valence-corrected chi connectivity index (χ2v) is 4.99. The number of nitrogens with zero attached hydrogens (tertiary/aromatic N) is 2. The number of rotatable bonds is 6. The van der Waals surface area contributed by atoms with Crippen LogP contribution in [0, 0.1) is 10.1 Å². The van der Waals surface area contributed by atoms with E-state index in [1.54, 1.807) is 12.1 Å². The zero-order valence-corrected chi connectivity index (χ0v) is 12.1. The first kappa shape index (κ1) is 15.5. The smallest absolute Gasteiger partial charge is 0.292 e. The zero-order valence-electron chi connectivity index (χ0n) is 12.1. The van der Waals surface area contributed by atoms with Gasteiger partial charge in [0.2, 0.25) is 0 Å². The zero-order chi connectivity index (χ0) is 15.2. The highest BCUT2D eigenvalue weighted by atomic mass is 16.6. The molecule has 1 saturated heterocycles. The normalized spacial score (nSPS) is 16.6. The Morgan fingerprint density at radius 2 is 2.19 bits per heavy atom. The van der Waals surface area contributed by atoms with Gasteiger partial charge in [0.1, 0.15) is 5.69 Å². The van der Waals surface area contributed by atoms with Crippen LogP contribution in [0.15, 0.2) is 18.2 Å². The fourth-order valence-corrected chi connectivity index (χ4v) is 2.31. The lowest BCUT2D eigenvalue weighted by Gasteiger charge is -2.29.